The van der Waals surface area contributed by atoms with Crippen LogP contribution in [0.2, 0.25) is 0 Å². The number of amides is 1. The lowest BCUT2D eigenvalue weighted by atomic mass is 10.1. The monoisotopic (exact) mass is 333 g/mol. The second-order valence-corrected chi connectivity index (χ2v) is 6.30. The van der Waals surface area contributed by atoms with Crippen molar-refractivity contribution in [3.63, 3.8) is 0 Å². The van der Waals surface area contributed by atoms with Gasteiger partial charge < -0.3 is 9.47 Å². The van der Waals surface area contributed by atoms with E-state index >= 15 is 0 Å². The Hall–Kier alpha value is -3.02. The van der Waals surface area contributed by atoms with E-state index in [1.165, 1.54) is 0 Å². The molecule has 0 aliphatic carbocycles. The van der Waals surface area contributed by atoms with E-state index in [0.29, 0.717) is 19.5 Å². The number of aromatic nitrogens is 4. The summed E-state index contributed by atoms with van der Waals surface area (Å²) in [6.45, 7) is 2.99. The second-order valence-electron chi connectivity index (χ2n) is 6.30. The van der Waals surface area contributed by atoms with E-state index in [0.717, 1.165) is 22.8 Å². The van der Waals surface area contributed by atoms with Crippen LogP contribution in [0.1, 0.15) is 35.7 Å². The summed E-state index contributed by atoms with van der Waals surface area (Å²) in [7, 11) is 0. The summed E-state index contributed by atoms with van der Waals surface area (Å²) in [5.41, 5.74) is 2.18. The number of carbonyl (C=O) groups excluding carboxylic acids is 1. The third-order valence-corrected chi connectivity index (χ3v) is 4.53. The Bertz CT molecular complexity index is 875. The van der Waals surface area contributed by atoms with E-state index in [1.54, 1.807) is 6.20 Å². The van der Waals surface area contributed by atoms with Crippen molar-refractivity contribution in [2.45, 2.75) is 32.5 Å². The topological polar surface area (TPSA) is 63.9 Å². The van der Waals surface area contributed by atoms with Crippen LogP contribution in [0.5, 0.6) is 0 Å². The molecule has 2 aromatic heterocycles. The molecule has 6 nitrogen and oxygen atoms in total. The van der Waals surface area contributed by atoms with Gasteiger partial charge in [-0.05, 0) is 24.1 Å². The van der Waals surface area contributed by atoms with Crippen molar-refractivity contribution in [1.29, 1.82) is 0 Å². The highest BCUT2D eigenvalue weighted by Gasteiger charge is 2.33. The minimum Gasteiger partial charge on any atom is -0.329 e. The zero-order chi connectivity index (χ0) is 17.2. The molecule has 1 amide bonds. The van der Waals surface area contributed by atoms with Gasteiger partial charge in [-0.3, -0.25) is 9.78 Å². The number of benzene rings is 1. The molecule has 4 rings (SSSR count). The van der Waals surface area contributed by atoms with Gasteiger partial charge in [0.15, 0.2) is 5.82 Å². The molecule has 1 atom stereocenters. The molecule has 0 bridgehead atoms. The highest BCUT2D eigenvalue weighted by molar-refractivity contribution is 5.81. The largest absolute Gasteiger partial charge is 0.329 e. The van der Waals surface area contributed by atoms with Gasteiger partial charge in [-0.2, -0.15) is 0 Å². The molecule has 1 aromatic carbocycles. The molecular formula is C19H19N5O. The number of fused-ring (bicyclic) bond motifs is 1. The summed E-state index contributed by atoms with van der Waals surface area (Å²) >= 11 is 0. The van der Waals surface area contributed by atoms with Gasteiger partial charge >= 0.3 is 0 Å². The van der Waals surface area contributed by atoms with Crippen molar-refractivity contribution >= 4 is 5.91 Å². The molecule has 0 fully saturated rings. The normalized spacial score (nSPS) is 16.8. The quantitative estimate of drug-likeness (QED) is 0.735. The first-order valence-electron chi connectivity index (χ1n) is 8.36. The smallest absolute Gasteiger partial charge is 0.246 e. The molecule has 0 spiro atoms. The lowest BCUT2D eigenvalue weighted by Gasteiger charge is -2.32. The van der Waals surface area contributed by atoms with Crippen molar-refractivity contribution in [1.82, 2.24) is 24.6 Å². The Morgan fingerprint density at radius 1 is 1.08 bits per heavy atom. The number of pyridine rings is 1. The fraction of sp³-hybridized carbons (Fsp3) is 0.263. The minimum absolute atomic E-state index is 0.101. The second kappa shape index (κ2) is 6.47. The molecule has 0 saturated heterocycles. The van der Waals surface area contributed by atoms with E-state index < -0.39 is 0 Å². The van der Waals surface area contributed by atoms with E-state index in [1.807, 2.05) is 65.1 Å². The maximum Gasteiger partial charge on any atom is 0.246 e. The van der Waals surface area contributed by atoms with Crippen LogP contribution in [-0.4, -0.2) is 30.6 Å². The summed E-state index contributed by atoms with van der Waals surface area (Å²) in [4.78, 5) is 18.8. The molecule has 6 heteroatoms. The number of rotatable bonds is 4. The summed E-state index contributed by atoms with van der Waals surface area (Å²) in [6, 6.07) is 13.6. The first kappa shape index (κ1) is 15.5. The molecule has 1 aliphatic heterocycles. The van der Waals surface area contributed by atoms with Gasteiger partial charge in [0.2, 0.25) is 5.91 Å². The van der Waals surface area contributed by atoms with Gasteiger partial charge in [-0.25, -0.2) is 0 Å². The van der Waals surface area contributed by atoms with E-state index in [-0.39, 0.29) is 11.9 Å². The van der Waals surface area contributed by atoms with Gasteiger partial charge in [0.25, 0.3) is 0 Å². The van der Waals surface area contributed by atoms with E-state index in [2.05, 4.69) is 15.2 Å². The summed E-state index contributed by atoms with van der Waals surface area (Å²) < 4.78 is 1.97. The molecular weight excluding hydrogens is 314 g/mol. The van der Waals surface area contributed by atoms with E-state index in [4.69, 9.17) is 0 Å². The molecule has 126 valence electrons. The van der Waals surface area contributed by atoms with Crippen LogP contribution in [0.25, 0.3) is 0 Å². The Morgan fingerprint density at radius 2 is 1.88 bits per heavy atom. The molecule has 0 N–H and O–H groups in total. The van der Waals surface area contributed by atoms with Gasteiger partial charge in [0.05, 0.1) is 6.54 Å². The van der Waals surface area contributed by atoms with Crippen molar-refractivity contribution < 1.29 is 4.79 Å². The molecule has 1 aliphatic rings. The van der Waals surface area contributed by atoms with Crippen LogP contribution >= 0.6 is 0 Å². The summed E-state index contributed by atoms with van der Waals surface area (Å²) in [5.74, 6) is 1.74. The molecule has 0 radical (unpaired) electrons. The Labute approximate surface area is 146 Å². The fourth-order valence-corrected chi connectivity index (χ4v) is 3.28. The SMILES string of the molecule is C[C@@H]1C(=O)N(Cc2ccccc2)Cc2nnc(Cc3cccnc3)n21. The fourth-order valence-electron chi connectivity index (χ4n) is 3.28. The van der Waals surface area contributed by atoms with Crippen molar-refractivity contribution in [3.8, 4) is 0 Å². The molecule has 0 saturated carbocycles. The van der Waals surface area contributed by atoms with Crippen molar-refractivity contribution in [2.24, 2.45) is 0 Å². The summed E-state index contributed by atoms with van der Waals surface area (Å²) in [5, 5.41) is 8.65. The van der Waals surface area contributed by atoms with Gasteiger partial charge in [0.1, 0.15) is 11.9 Å². The first-order valence-corrected chi connectivity index (χ1v) is 8.36. The maximum absolute atomic E-state index is 12.8. The predicted molar refractivity (Wildman–Crippen MR) is 92.5 cm³/mol. The first-order chi connectivity index (χ1) is 12.2. The van der Waals surface area contributed by atoms with Crippen molar-refractivity contribution in [2.75, 3.05) is 0 Å². The predicted octanol–water partition coefficient (Wildman–Crippen LogP) is 2.37. The Kier molecular flexibility index (Phi) is 4.01. The molecule has 3 heterocycles. The average Bonchev–Trinajstić information content (AvgIpc) is 3.04. The third-order valence-electron chi connectivity index (χ3n) is 4.53. The van der Waals surface area contributed by atoms with Crippen LogP contribution in [0.15, 0.2) is 54.9 Å². The number of nitrogens with zero attached hydrogens (tertiary/aromatic N) is 5. The van der Waals surface area contributed by atoms with Crippen LogP contribution < -0.4 is 0 Å². The van der Waals surface area contributed by atoms with Crippen molar-refractivity contribution in [3.05, 3.63) is 77.6 Å². The zero-order valence-corrected chi connectivity index (χ0v) is 14.0. The Balaban J connectivity index is 1.59. The average molecular weight is 333 g/mol. The lowest BCUT2D eigenvalue weighted by Crippen LogP contribution is -2.41. The Morgan fingerprint density at radius 3 is 2.64 bits per heavy atom. The third kappa shape index (κ3) is 3.03. The van der Waals surface area contributed by atoms with Gasteiger partial charge in [-0.1, -0.05) is 36.4 Å². The van der Waals surface area contributed by atoms with Crippen LogP contribution in [0.4, 0.5) is 0 Å². The maximum atomic E-state index is 12.8. The molecule has 25 heavy (non-hydrogen) atoms. The highest BCUT2D eigenvalue weighted by Crippen LogP contribution is 2.25. The van der Waals surface area contributed by atoms with E-state index in [9.17, 15) is 4.79 Å². The number of carbonyl (C=O) groups is 1. The lowest BCUT2D eigenvalue weighted by molar-refractivity contribution is -0.137. The molecule has 3 aromatic rings. The van der Waals surface area contributed by atoms with Gasteiger partial charge in [-0.15, -0.1) is 10.2 Å². The minimum atomic E-state index is -0.297. The number of hydrogen-bond acceptors (Lipinski definition) is 4. The molecule has 0 unspecified atom stereocenters. The van der Waals surface area contributed by atoms with Crippen LogP contribution in [-0.2, 0) is 24.3 Å². The number of hydrogen-bond donors (Lipinski definition) is 0. The zero-order valence-electron chi connectivity index (χ0n) is 14.0. The highest BCUT2D eigenvalue weighted by atomic mass is 16.2. The summed E-state index contributed by atoms with van der Waals surface area (Å²) in [6.07, 6.45) is 4.19. The van der Waals surface area contributed by atoms with Crippen LogP contribution in [0.3, 0.4) is 0 Å². The van der Waals surface area contributed by atoms with Crippen LogP contribution in [0, 0.1) is 0 Å². The van der Waals surface area contributed by atoms with Gasteiger partial charge in [0, 0.05) is 25.4 Å². The standard InChI is InChI=1S/C19H19N5O/c1-14-19(25)23(12-15-6-3-2-4-7-15)13-18-22-21-17(24(14)18)10-16-8-5-9-20-11-16/h2-9,11,14H,10,12-13H2,1H3/t14-/m1/s1.